The molecule has 7 nitrogen and oxygen atoms in total. The normalized spacial score (nSPS) is 12.2. The van der Waals surface area contributed by atoms with Gasteiger partial charge in [0.05, 0.1) is 11.9 Å². The average Bonchev–Trinajstić information content (AvgIpc) is 2.88. The molecule has 0 fully saturated rings. The van der Waals surface area contributed by atoms with Crippen LogP contribution in [0.1, 0.15) is 36.5 Å². The van der Waals surface area contributed by atoms with E-state index in [0.717, 1.165) is 31.7 Å². The molecular weight excluding hydrogens is 566 g/mol. The minimum atomic E-state index is -3.81. The molecule has 9 heteroatoms. The van der Waals surface area contributed by atoms with Crippen molar-refractivity contribution in [2.75, 3.05) is 24.2 Å². The van der Waals surface area contributed by atoms with Crippen LogP contribution in [0.4, 0.5) is 5.69 Å². The molecule has 0 aliphatic rings. The highest BCUT2D eigenvalue weighted by Crippen LogP contribution is 2.29. The van der Waals surface area contributed by atoms with E-state index in [1.54, 1.807) is 12.1 Å². The molecule has 2 amide bonds. The summed E-state index contributed by atoms with van der Waals surface area (Å²) in [5, 5.41) is 2.68. The van der Waals surface area contributed by atoms with E-state index in [0.29, 0.717) is 5.69 Å². The zero-order valence-electron chi connectivity index (χ0n) is 22.1. The molecule has 0 saturated heterocycles. The summed E-state index contributed by atoms with van der Waals surface area (Å²) in [5.74, 6) is -0.760. The van der Waals surface area contributed by atoms with Crippen LogP contribution < -0.4 is 9.62 Å². The van der Waals surface area contributed by atoms with Crippen LogP contribution in [-0.2, 0) is 32.6 Å². The second kappa shape index (κ2) is 13.1. The number of halogens is 1. The number of nitrogens with zero attached hydrogens (tertiary/aromatic N) is 2. The molecule has 0 heterocycles. The Balaban J connectivity index is 2.07. The fourth-order valence-corrected chi connectivity index (χ4v) is 5.67. The van der Waals surface area contributed by atoms with Crippen molar-refractivity contribution in [2.45, 2.75) is 38.8 Å². The van der Waals surface area contributed by atoms with Gasteiger partial charge in [0.25, 0.3) is 0 Å². The van der Waals surface area contributed by atoms with Crippen molar-refractivity contribution in [3.8, 4) is 0 Å². The molecule has 3 rings (SSSR count). The number of amides is 2. The summed E-state index contributed by atoms with van der Waals surface area (Å²) >= 11 is 3.47. The maximum absolute atomic E-state index is 14.0. The van der Waals surface area contributed by atoms with Crippen molar-refractivity contribution in [1.29, 1.82) is 0 Å². The molecule has 0 unspecified atom stereocenters. The van der Waals surface area contributed by atoms with Gasteiger partial charge in [-0.05, 0) is 40.8 Å². The molecule has 3 aromatic rings. The van der Waals surface area contributed by atoms with Crippen LogP contribution in [-0.4, -0.2) is 51.0 Å². The fraction of sp³-hybridized carbons (Fsp3) is 0.310. The van der Waals surface area contributed by atoms with Crippen LogP contribution in [0.3, 0.4) is 0 Å². The first-order valence-electron chi connectivity index (χ1n) is 12.4. The summed E-state index contributed by atoms with van der Waals surface area (Å²) in [7, 11) is -2.28. The molecule has 1 N–H and O–H groups in total. The van der Waals surface area contributed by atoms with E-state index >= 15 is 0 Å². The number of hydrogen-bond acceptors (Lipinski definition) is 4. The number of carbonyl (C=O) groups excluding carboxylic acids is 2. The zero-order chi connectivity index (χ0) is 27.9. The smallest absolute Gasteiger partial charge is 0.244 e. The summed E-state index contributed by atoms with van der Waals surface area (Å²) < 4.78 is 28.0. The minimum Gasteiger partial charge on any atom is -0.357 e. The Kier molecular flexibility index (Phi) is 10.1. The maximum atomic E-state index is 14.0. The fourth-order valence-electron chi connectivity index (χ4n) is 4.35. The lowest BCUT2D eigenvalue weighted by molar-refractivity contribution is -0.139. The number of rotatable bonds is 11. The van der Waals surface area contributed by atoms with Gasteiger partial charge in [-0.3, -0.25) is 13.9 Å². The van der Waals surface area contributed by atoms with Gasteiger partial charge in [0.1, 0.15) is 12.6 Å². The third kappa shape index (κ3) is 7.68. The van der Waals surface area contributed by atoms with Crippen molar-refractivity contribution in [2.24, 2.45) is 0 Å². The van der Waals surface area contributed by atoms with Gasteiger partial charge in [0.2, 0.25) is 21.8 Å². The Morgan fingerprint density at radius 3 is 2.16 bits per heavy atom. The number of carbonyl (C=O) groups is 2. The summed E-state index contributed by atoms with van der Waals surface area (Å²) in [6.07, 6.45) is 1.37. The lowest BCUT2D eigenvalue weighted by Crippen LogP contribution is -2.53. The third-order valence-corrected chi connectivity index (χ3v) is 7.89. The van der Waals surface area contributed by atoms with E-state index in [1.807, 2.05) is 80.6 Å². The van der Waals surface area contributed by atoms with Gasteiger partial charge in [0, 0.05) is 24.5 Å². The van der Waals surface area contributed by atoms with E-state index in [9.17, 15) is 18.0 Å². The number of benzene rings is 3. The van der Waals surface area contributed by atoms with Crippen LogP contribution >= 0.6 is 15.9 Å². The number of anilines is 1. The van der Waals surface area contributed by atoms with Crippen LogP contribution in [0, 0.1) is 0 Å². The first-order valence-corrected chi connectivity index (χ1v) is 15.0. The van der Waals surface area contributed by atoms with Crippen molar-refractivity contribution in [3.05, 3.63) is 100 Å². The summed E-state index contributed by atoms with van der Waals surface area (Å²) in [5.41, 5.74) is 2.97. The minimum absolute atomic E-state index is 0.0417. The van der Waals surface area contributed by atoms with Crippen LogP contribution in [0.2, 0.25) is 0 Å². The zero-order valence-corrected chi connectivity index (χ0v) is 24.5. The number of nitrogens with one attached hydrogen (secondary N) is 1. The first-order chi connectivity index (χ1) is 18.0. The Bertz CT molecular complexity index is 1360. The van der Waals surface area contributed by atoms with Gasteiger partial charge < -0.3 is 10.2 Å². The van der Waals surface area contributed by atoms with E-state index in [2.05, 4.69) is 21.2 Å². The number of sulfonamides is 1. The van der Waals surface area contributed by atoms with Gasteiger partial charge >= 0.3 is 0 Å². The second-order valence-corrected chi connectivity index (χ2v) is 12.3. The van der Waals surface area contributed by atoms with Crippen molar-refractivity contribution < 1.29 is 18.0 Å². The van der Waals surface area contributed by atoms with Crippen molar-refractivity contribution in [3.63, 3.8) is 0 Å². The monoisotopic (exact) mass is 599 g/mol. The molecule has 0 saturated carbocycles. The molecule has 0 radical (unpaired) electrons. The van der Waals surface area contributed by atoms with Crippen LogP contribution in [0.5, 0.6) is 0 Å². The predicted octanol–water partition coefficient (Wildman–Crippen LogP) is 4.72. The second-order valence-electron chi connectivity index (χ2n) is 9.45. The lowest BCUT2D eigenvalue weighted by atomic mass is 10.0. The summed E-state index contributed by atoms with van der Waals surface area (Å²) in [6.45, 7) is 3.65. The van der Waals surface area contributed by atoms with Gasteiger partial charge in [0.15, 0.2) is 0 Å². The number of hydrogen-bond donors (Lipinski definition) is 1. The molecule has 38 heavy (non-hydrogen) atoms. The van der Waals surface area contributed by atoms with Gasteiger partial charge in [-0.1, -0.05) is 90.4 Å². The van der Waals surface area contributed by atoms with E-state index in [-0.39, 0.29) is 24.8 Å². The highest BCUT2D eigenvalue weighted by Gasteiger charge is 2.33. The largest absolute Gasteiger partial charge is 0.357 e. The third-order valence-electron chi connectivity index (χ3n) is 6.27. The predicted molar refractivity (Wildman–Crippen MR) is 155 cm³/mol. The molecular formula is C29H34BrN3O4S. The first kappa shape index (κ1) is 29.4. The van der Waals surface area contributed by atoms with Gasteiger partial charge in [-0.2, -0.15) is 0 Å². The molecule has 202 valence electrons. The number of likely N-dealkylation sites (N-methyl/N-ethyl adjacent to an activating group) is 1. The summed E-state index contributed by atoms with van der Waals surface area (Å²) in [6, 6.07) is 23.3. The van der Waals surface area contributed by atoms with Gasteiger partial charge in [-0.15, -0.1) is 0 Å². The molecule has 0 aromatic heterocycles. The standard InChI is InChI=1S/C29H34BrN3O4S/c1-21(2)25-15-8-9-16-26(25)33(38(4,36)37)20-28(34)32(19-23-13-10-14-24(30)17-23)27(29(35)31-3)18-22-11-6-5-7-12-22/h5-17,21,27H,18-20H2,1-4H3,(H,31,35)/t27-/m0/s1. The molecule has 3 aromatic carbocycles. The van der Waals surface area contributed by atoms with E-state index in [1.165, 1.54) is 11.9 Å². The van der Waals surface area contributed by atoms with E-state index < -0.39 is 28.5 Å². The molecule has 0 spiro atoms. The number of para-hydroxylation sites is 1. The van der Waals surface area contributed by atoms with Crippen LogP contribution in [0.15, 0.2) is 83.3 Å². The lowest BCUT2D eigenvalue weighted by Gasteiger charge is -2.34. The average molecular weight is 601 g/mol. The highest BCUT2D eigenvalue weighted by atomic mass is 79.9. The van der Waals surface area contributed by atoms with Crippen LogP contribution in [0.25, 0.3) is 0 Å². The Morgan fingerprint density at radius 2 is 1.55 bits per heavy atom. The van der Waals surface area contributed by atoms with E-state index in [4.69, 9.17) is 0 Å². The van der Waals surface area contributed by atoms with Crippen molar-refractivity contribution >= 4 is 43.5 Å². The molecule has 1 atom stereocenters. The maximum Gasteiger partial charge on any atom is 0.244 e. The van der Waals surface area contributed by atoms with Crippen molar-refractivity contribution in [1.82, 2.24) is 10.2 Å². The highest BCUT2D eigenvalue weighted by molar-refractivity contribution is 9.10. The molecule has 0 aliphatic heterocycles. The Morgan fingerprint density at radius 1 is 0.921 bits per heavy atom. The Labute approximate surface area is 234 Å². The SMILES string of the molecule is CNC(=O)[C@H](Cc1ccccc1)N(Cc1cccc(Br)c1)C(=O)CN(c1ccccc1C(C)C)S(C)(=O)=O. The molecule has 0 aliphatic carbocycles. The molecule has 0 bridgehead atoms. The quantitative estimate of drug-likeness (QED) is 0.345. The topological polar surface area (TPSA) is 86.8 Å². The van der Waals surface area contributed by atoms with Gasteiger partial charge in [-0.25, -0.2) is 8.42 Å². The Hall–Kier alpha value is -3.17. The summed E-state index contributed by atoms with van der Waals surface area (Å²) in [4.78, 5) is 28.7.